The lowest BCUT2D eigenvalue weighted by atomic mass is 9.94. The van der Waals surface area contributed by atoms with Crippen LogP contribution in [0.3, 0.4) is 0 Å². The number of aromatic nitrogens is 3. The van der Waals surface area contributed by atoms with Crippen LogP contribution in [0.1, 0.15) is 12.0 Å². The fraction of sp³-hybridized carbons (Fsp3) is 0.150. The van der Waals surface area contributed by atoms with Gasteiger partial charge in [-0.25, -0.2) is 4.98 Å². The topological polar surface area (TPSA) is 120 Å². The monoisotopic (exact) mass is 487 g/mol. The zero-order valence-electron chi connectivity index (χ0n) is 15.1. The Hall–Kier alpha value is -2.88. The van der Waals surface area contributed by atoms with Crippen molar-refractivity contribution in [1.29, 1.82) is 0 Å². The van der Waals surface area contributed by atoms with Crippen LogP contribution in [0.25, 0.3) is 32.9 Å². The quantitative estimate of drug-likeness (QED) is 0.379. The van der Waals surface area contributed by atoms with Gasteiger partial charge in [-0.2, -0.15) is 4.98 Å². The maximum atomic E-state index is 11.1. The van der Waals surface area contributed by atoms with Gasteiger partial charge < -0.3 is 21.1 Å². The summed E-state index contributed by atoms with van der Waals surface area (Å²) in [4.78, 5) is 19.7. The molecule has 28 heavy (non-hydrogen) atoms. The summed E-state index contributed by atoms with van der Waals surface area (Å²) in [5.41, 5.74) is 16.7. The first-order valence-electron chi connectivity index (χ1n) is 8.67. The number of halogens is 1. The Morgan fingerprint density at radius 2 is 1.96 bits per heavy atom. The smallest absolute Gasteiger partial charge is 0.303 e. The van der Waals surface area contributed by atoms with Crippen LogP contribution in [0.4, 0.5) is 11.8 Å². The molecule has 5 N–H and O–H groups in total. The van der Waals surface area contributed by atoms with Crippen molar-refractivity contribution in [2.45, 2.75) is 12.8 Å². The maximum absolute atomic E-state index is 11.1. The second kappa shape index (κ2) is 6.93. The molecule has 4 rings (SSSR count). The van der Waals surface area contributed by atoms with Crippen LogP contribution in [0.2, 0.25) is 0 Å². The Morgan fingerprint density at radius 1 is 1.21 bits per heavy atom. The number of rotatable bonds is 4. The molecule has 0 aliphatic carbocycles. The predicted octanol–water partition coefficient (Wildman–Crippen LogP) is 3.57. The summed E-state index contributed by atoms with van der Waals surface area (Å²) >= 11 is 2.27. The molecule has 0 aliphatic rings. The van der Waals surface area contributed by atoms with Gasteiger partial charge in [0.1, 0.15) is 5.82 Å². The highest BCUT2D eigenvalue weighted by Crippen LogP contribution is 2.42. The van der Waals surface area contributed by atoms with Crippen LogP contribution >= 0.6 is 22.6 Å². The summed E-state index contributed by atoms with van der Waals surface area (Å²) in [7, 11) is 1.97. The van der Waals surface area contributed by atoms with Crippen molar-refractivity contribution in [1.82, 2.24) is 14.5 Å². The number of carboxylic acid groups (broad SMARTS) is 1. The Morgan fingerprint density at radius 3 is 2.71 bits per heavy atom. The average Bonchev–Trinajstić information content (AvgIpc) is 3.02. The molecule has 0 aliphatic heterocycles. The Labute approximate surface area is 174 Å². The molecule has 142 valence electrons. The second-order valence-corrected chi connectivity index (χ2v) is 7.70. The summed E-state index contributed by atoms with van der Waals surface area (Å²) in [5, 5.41) is 10.8. The SMILES string of the molecule is Cn1ccc2c3c(N)nc(N)nc3c(I)c(-c3ccccc3CCC(=O)O)c21. The number of hydrogen-bond donors (Lipinski definition) is 3. The van der Waals surface area contributed by atoms with E-state index in [-0.39, 0.29) is 12.4 Å². The van der Waals surface area contributed by atoms with Crippen molar-refractivity contribution >= 4 is 62.1 Å². The summed E-state index contributed by atoms with van der Waals surface area (Å²) in [6.45, 7) is 0. The van der Waals surface area contributed by atoms with Crippen LogP contribution in [0.5, 0.6) is 0 Å². The van der Waals surface area contributed by atoms with Crippen molar-refractivity contribution in [3.63, 3.8) is 0 Å². The van der Waals surface area contributed by atoms with Crippen LogP contribution in [0, 0.1) is 3.57 Å². The highest BCUT2D eigenvalue weighted by Gasteiger charge is 2.21. The Balaban J connectivity index is 2.12. The molecule has 0 saturated carbocycles. The minimum Gasteiger partial charge on any atom is -0.481 e. The van der Waals surface area contributed by atoms with Crippen molar-refractivity contribution < 1.29 is 9.90 Å². The van der Waals surface area contributed by atoms with Crippen LogP contribution in [0.15, 0.2) is 36.5 Å². The van der Waals surface area contributed by atoms with E-state index in [9.17, 15) is 4.79 Å². The molecule has 8 heteroatoms. The van der Waals surface area contributed by atoms with Gasteiger partial charge in [0, 0.05) is 34.2 Å². The lowest BCUT2D eigenvalue weighted by molar-refractivity contribution is -0.136. The van der Waals surface area contributed by atoms with Gasteiger partial charge in [-0.15, -0.1) is 0 Å². The van der Waals surface area contributed by atoms with Crippen molar-refractivity contribution in [3.05, 3.63) is 45.7 Å². The third kappa shape index (κ3) is 2.93. The van der Waals surface area contributed by atoms with Gasteiger partial charge in [0.15, 0.2) is 0 Å². The highest BCUT2D eigenvalue weighted by molar-refractivity contribution is 14.1. The number of nitrogens with zero attached hydrogens (tertiary/aromatic N) is 3. The van der Waals surface area contributed by atoms with Gasteiger partial charge in [-0.1, -0.05) is 24.3 Å². The van der Waals surface area contributed by atoms with E-state index in [4.69, 9.17) is 16.6 Å². The molecule has 7 nitrogen and oxygen atoms in total. The van der Waals surface area contributed by atoms with Crippen LogP contribution in [-0.2, 0) is 18.3 Å². The van der Waals surface area contributed by atoms with Gasteiger partial charge in [0.2, 0.25) is 5.95 Å². The molecule has 0 atom stereocenters. The number of anilines is 2. The molecule has 0 amide bonds. The first kappa shape index (κ1) is 18.5. The number of nitrogen functional groups attached to an aromatic ring is 2. The number of fused-ring (bicyclic) bond motifs is 3. The molecular formula is C20H18IN5O2. The molecule has 2 aromatic carbocycles. The van der Waals surface area contributed by atoms with E-state index in [1.165, 1.54) is 0 Å². The molecule has 2 heterocycles. The highest BCUT2D eigenvalue weighted by atomic mass is 127. The van der Waals surface area contributed by atoms with Crippen molar-refractivity contribution in [3.8, 4) is 11.1 Å². The Kier molecular flexibility index (Phi) is 4.58. The number of carboxylic acids is 1. The average molecular weight is 487 g/mol. The van der Waals surface area contributed by atoms with Crippen molar-refractivity contribution in [2.24, 2.45) is 7.05 Å². The fourth-order valence-corrected chi connectivity index (χ4v) is 4.59. The zero-order valence-corrected chi connectivity index (χ0v) is 17.3. The van der Waals surface area contributed by atoms with Gasteiger partial charge in [-0.3, -0.25) is 4.79 Å². The molecular weight excluding hydrogens is 469 g/mol. The number of aryl methyl sites for hydroxylation is 2. The van der Waals surface area contributed by atoms with E-state index < -0.39 is 5.97 Å². The molecule has 2 aromatic heterocycles. The number of aliphatic carboxylic acids is 1. The third-order valence-electron chi connectivity index (χ3n) is 4.86. The largest absolute Gasteiger partial charge is 0.481 e. The fourth-order valence-electron chi connectivity index (χ4n) is 3.65. The maximum Gasteiger partial charge on any atom is 0.303 e. The molecule has 0 spiro atoms. The van der Waals surface area contributed by atoms with Crippen LogP contribution < -0.4 is 11.5 Å². The van der Waals surface area contributed by atoms with E-state index in [0.717, 1.165) is 36.5 Å². The predicted molar refractivity (Wildman–Crippen MR) is 119 cm³/mol. The summed E-state index contributed by atoms with van der Waals surface area (Å²) in [6, 6.07) is 9.86. The number of carbonyl (C=O) groups is 1. The molecule has 4 aromatic rings. The van der Waals surface area contributed by atoms with E-state index in [1.54, 1.807) is 0 Å². The van der Waals surface area contributed by atoms with Gasteiger partial charge in [0.05, 0.1) is 16.4 Å². The van der Waals surface area contributed by atoms with E-state index in [2.05, 4.69) is 32.6 Å². The summed E-state index contributed by atoms with van der Waals surface area (Å²) in [6.07, 6.45) is 2.48. The normalized spacial score (nSPS) is 11.4. The molecule has 0 radical (unpaired) electrons. The number of benzene rings is 2. The first-order valence-corrected chi connectivity index (χ1v) is 9.75. The van der Waals surface area contributed by atoms with Crippen molar-refractivity contribution in [2.75, 3.05) is 11.5 Å². The third-order valence-corrected chi connectivity index (χ3v) is 5.91. The summed E-state index contributed by atoms with van der Waals surface area (Å²) < 4.78 is 2.95. The van der Waals surface area contributed by atoms with Gasteiger partial charge in [-0.05, 0) is 46.2 Å². The Bertz CT molecular complexity index is 1250. The molecule has 0 unspecified atom stereocenters. The number of hydrogen-bond acceptors (Lipinski definition) is 5. The summed E-state index contributed by atoms with van der Waals surface area (Å²) in [5.74, 6) is -0.342. The van der Waals surface area contributed by atoms with E-state index in [1.807, 2.05) is 48.1 Å². The van der Waals surface area contributed by atoms with E-state index in [0.29, 0.717) is 17.8 Å². The first-order chi connectivity index (χ1) is 13.4. The van der Waals surface area contributed by atoms with Gasteiger partial charge in [0.25, 0.3) is 0 Å². The lowest BCUT2D eigenvalue weighted by Gasteiger charge is -2.16. The lowest BCUT2D eigenvalue weighted by Crippen LogP contribution is -2.04. The molecule has 0 bridgehead atoms. The number of nitrogens with two attached hydrogens (primary N) is 2. The standard InChI is InChI=1S/C20H18IN5O2/c1-26-9-8-12-15-17(24-20(23)25-19(15)22)16(21)14(18(12)26)11-5-3-2-4-10(11)6-7-13(27)28/h2-5,8-9H,6-7H2,1H3,(H,27,28)(H4,22,23,24,25). The second-order valence-electron chi connectivity index (χ2n) is 6.62. The van der Waals surface area contributed by atoms with Gasteiger partial charge >= 0.3 is 5.97 Å². The van der Waals surface area contributed by atoms with Crippen LogP contribution in [-0.4, -0.2) is 25.6 Å². The minimum absolute atomic E-state index is 0.0690. The molecule has 0 saturated heterocycles. The zero-order chi connectivity index (χ0) is 20.0. The van der Waals surface area contributed by atoms with E-state index >= 15 is 0 Å². The minimum atomic E-state index is -0.819. The molecule has 0 fully saturated rings.